The van der Waals surface area contributed by atoms with Crippen molar-refractivity contribution >= 4 is 35.6 Å². The average molecular weight is 404 g/mol. The van der Waals surface area contributed by atoms with Crippen LogP contribution in [0.3, 0.4) is 0 Å². The lowest BCUT2D eigenvalue weighted by molar-refractivity contribution is -0.130. The molecule has 3 rings (SSSR count). The number of halogens is 1. The molecule has 147 valence electrons. The Morgan fingerprint density at radius 3 is 2.96 bits per heavy atom. The molecule has 1 aromatic rings. The van der Waals surface area contributed by atoms with Gasteiger partial charge in [0.2, 0.25) is 5.91 Å². The zero-order valence-electron chi connectivity index (χ0n) is 15.8. The van der Waals surface area contributed by atoms with Gasteiger partial charge in [0.1, 0.15) is 18.0 Å². The van der Waals surface area contributed by atoms with Gasteiger partial charge in [-0.15, -0.1) is 0 Å². The van der Waals surface area contributed by atoms with E-state index >= 15 is 0 Å². The molecule has 28 heavy (non-hydrogen) atoms. The monoisotopic (exact) mass is 403 g/mol. The number of amidine groups is 1. The summed E-state index contributed by atoms with van der Waals surface area (Å²) in [7, 11) is 0. The summed E-state index contributed by atoms with van der Waals surface area (Å²) < 4.78 is 5.57. The molecule has 1 N–H and O–H groups in total. The van der Waals surface area contributed by atoms with Crippen LogP contribution in [0.4, 0.5) is 0 Å². The van der Waals surface area contributed by atoms with Crippen LogP contribution in [-0.2, 0) is 9.59 Å². The minimum absolute atomic E-state index is 0.0937. The van der Waals surface area contributed by atoms with E-state index in [1.807, 2.05) is 19.1 Å². The Bertz CT molecular complexity index is 865. The molecule has 0 aromatic heterocycles. The summed E-state index contributed by atoms with van der Waals surface area (Å²) in [5, 5.41) is 9.18. The van der Waals surface area contributed by atoms with Gasteiger partial charge in [0, 0.05) is 18.0 Å². The van der Waals surface area contributed by atoms with E-state index in [9.17, 15) is 9.59 Å². The third-order valence-corrected chi connectivity index (χ3v) is 4.44. The standard InChI is InChI=1S/C19H22ClN5O3/c1-3-16-23-13(2)18-19(27)24(12-22-25(16)18)11-17(26)21-8-5-9-28-15-7-4-6-14(20)10-15/h4,6-7,10,12H,3,5,8-9,11H2,1-2H3,(H,21,26)/q+1. The highest BCUT2D eigenvalue weighted by atomic mass is 35.5. The number of benzene rings is 1. The fraction of sp³-hybridized carbons (Fsp3) is 0.368. The number of allylic oxidation sites excluding steroid dienone is 1. The van der Waals surface area contributed by atoms with Gasteiger partial charge >= 0.3 is 11.6 Å². The van der Waals surface area contributed by atoms with E-state index in [4.69, 9.17) is 16.3 Å². The van der Waals surface area contributed by atoms with Crippen molar-refractivity contribution in [2.45, 2.75) is 26.7 Å². The number of nitrogens with one attached hydrogen (secondary N) is 1. The van der Waals surface area contributed by atoms with Crippen molar-refractivity contribution in [3.8, 4) is 5.75 Å². The van der Waals surface area contributed by atoms with Gasteiger partial charge in [0.15, 0.2) is 6.34 Å². The van der Waals surface area contributed by atoms with Crippen molar-refractivity contribution in [2.75, 3.05) is 19.7 Å². The Hall–Kier alpha value is -2.71. The molecule has 0 unspecified atom stereocenters. The number of hydrazone groups is 1. The van der Waals surface area contributed by atoms with Gasteiger partial charge < -0.3 is 10.1 Å². The van der Waals surface area contributed by atoms with Crippen LogP contribution in [0.2, 0.25) is 5.02 Å². The van der Waals surface area contributed by atoms with E-state index in [0.29, 0.717) is 48.2 Å². The first-order valence-corrected chi connectivity index (χ1v) is 9.46. The largest absolute Gasteiger partial charge is 0.493 e. The van der Waals surface area contributed by atoms with Gasteiger partial charge in [0.05, 0.1) is 11.6 Å². The fourth-order valence-corrected chi connectivity index (χ4v) is 3.03. The lowest BCUT2D eigenvalue weighted by Crippen LogP contribution is -2.48. The molecule has 0 atom stereocenters. The number of hydrogen-bond donors (Lipinski definition) is 1. The average Bonchev–Trinajstić information content (AvgIpc) is 3.00. The van der Waals surface area contributed by atoms with Crippen LogP contribution in [0, 0.1) is 0 Å². The molecule has 0 spiro atoms. The first-order valence-electron chi connectivity index (χ1n) is 9.08. The molecule has 0 bridgehead atoms. The number of fused-ring (bicyclic) bond motifs is 1. The maximum atomic E-state index is 12.6. The van der Waals surface area contributed by atoms with E-state index in [1.165, 1.54) is 11.2 Å². The highest BCUT2D eigenvalue weighted by Gasteiger charge is 2.46. The number of nitrogens with zero attached hydrogens (tertiary/aromatic N) is 4. The Balaban J connectivity index is 1.42. The second-order valence-electron chi connectivity index (χ2n) is 6.30. The summed E-state index contributed by atoms with van der Waals surface area (Å²) in [6.07, 6.45) is 2.67. The lowest BCUT2D eigenvalue weighted by atomic mass is 10.3. The van der Waals surface area contributed by atoms with E-state index < -0.39 is 0 Å². The van der Waals surface area contributed by atoms with Gasteiger partial charge in [-0.1, -0.05) is 24.6 Å². The number of carbonyl (C=O) groups excluding carboxylic acids is 2. The van der Waals surface area contributed by atoms with Crippen molar-refractivity contribution in [3.05, 3.63) is 40.7 Å². The van der Waals surface area contributed by atoms with Crippen LogP contribution in [0.25, 0.3) is 0 Å². The first-order chi connectivity index (χ1) is 13.5. The zero-order chi connectivity index (χ0) is 20.1. The molecular weight excluding hydrogens is 382 g/mol. The predicted octanol–water partition coefficient (Wildman–Crippen LogP) is 2.20. The zero-order valence-corrected chi connectivity index (χ0v) is 16.6. The van der Waals surface area contributed by atoms with Gasteiger partial charge in [-0.05, 0) is 36.6 Å². The molecule has 0 fully saturated rings. The smallest absolute Gasteiger partial charge is 0.324 e. The number of rotatable bonds is 8. The summed E-state index contributed by atoms with van der Waals surface area (Å²) in [6.45, 7) is 4.51. The Kier molecular flexibility index (Phi) is 6.43. The molecule has 1 radical (unpaired) electrons. The molecule has 0 saturated heterocycles. The van der Waals surface area contributed by atoms with Crippen LogP contribution in [0.5, 0.6) is 5.75 Å². The van der Waals surface area contributed by atoms with E-state index in [1.54, 1.807) is 24.1 Å². The minimum atomic E-state index is -0.279. The van der Waals surface area contributed by atoms with Crippen molar-refractivity contribution in [2.24, 2.45) is 10.1 Å². The highest BCUT2D eigenvalue weighted by Crippen LogP contribution is 2.24. The normalized spacial score (nSPS) is 16.3. The summed E-state index contributed by atoms with van der Waals surface area (Å²) in [5.41, 5.74) is 1.02. The molecule has 0 aliphatic carbocycles. The van der Waals surface area contributed by atoms with E-state index in [2.05, 4.69) is 15.4 Å². The molecule has 8 nitrogen and oxygen atoms in total. The molecule has 9 heteroatoms. The van der Waals surface area contributed by atoms with Crippen LogP contribution in [0.15, 0.2) is 45.8 Å². The van der Waals surface area contributed by atoms with Crippen molar-refractivity contribution in [1.29, 1.82) is 0 Å². The molecule has 2 amide bonds. The minimum Gasteiger partial charge on any atom is -0.493 e. The van der Waals surface area contributed by atoms with Crippen LogP contribution in [-0.4, -0.2) is 48.6 Å². The predicted molar refractivity (Wildman–Crippen MR) is 107 cm³/mol. The van der Waals surface area contributed by atoms with Crippen LogP contribution in [0.1, 0.15) is 26.7 Å². The third-order valence-electron chi connectivity index (χ3n) is 4.20. The number of carbonyl (C=O) groups is 2. The van der Waals surface area contributed by atoms with Crippen molar-refractivity contribution in [3.63, 3.8) is 0 Å². The molecule has 1 aromatic carbocycles. The lowest BCUT2D eigenvalue weighted by Gasteiger charge is -2.19. The number of amides is 2. The maximum Gasteiger partial charge on any atom is 0.324 e. The Morgan fingerprint density at radius 1 is 1.39 bits per heavy atom. The first kappa shape index (κ1) is 20.0. The summed E-state index contributed by atoms with van der Waals surface area (Å²) in [6, 6.07) is 7.14. The molecule has 2 heterocycles. The van der Waals surface area contributed by atoms with Crippen molar-refractivity contribution < 1.29 is 14.3 Å². The highest BCUT2D eigenvalue weighted by molar-refractivity contribution is 6.30. The summed E-state index contributed by atoms with van der Waals surface area (Å²) >= 11 is 5.90. The third kappa shape index (κ3) is 4.58. The second kappa shape index (κ2) is 8.99. The van der Waals surface area contributed by atoms with E-state index in [0.717, 1.165) is 5.84 Å². The Morgan fingerprint density at radius 2 is 2.21 bits per heavy atom. The summed E-state index contributed by atoms with van der Waals surface area (Å²) in [5.74, 6) is 0.872. The number of hydrogen-bond acceptors (Lipinski definition) is 6. The van der Waals surface area contributed by atoms with Crippen LogP contribution < -0.4 is 15.1 Å². The fourth-order valence-electron chi connectivity index (χ4n) is 2.85. The van der Waals surface area contributed by atoms with Gasteiger partial charge in [-0.3, -0.25) is 14.5 Å². The maximum absolute atomic E-state index is 12.6. The van der Waals surface area contributed by atoms with Gasteiger partial charge in [0.25, 0.3) is 5.84 Å². The summed E-state index contributed by atoms with van der Waals surface area (Å²) in [4.78, 5) is 30.4. The number of ether oxygens (including phenoxy) is 1. The second-order valence-corrected chi connectivity index (χ2v) is 6.74. The van der Waals surface area contributed by atoms with Crippen LogP contribution >= 0.6 is 11.6 Å². The topological polar surface area (TPSA) is 89.3 Å². The van der Waals surface area contributed by atoms with E-state index in [-0.39, 0.29) is 18.4 Å². The quantitative estimate of drug-likeness (QED) is 0.533. The molecular formula is C19H22ClN5O3+. The number of aliphatic imine (C=N–C) groups is 1. The van der Waals surface area contributed by atoms with Gasteiger partial charge in [-0.25, -0.2) is 0 Å². The van der Waals surface area contributed by atoms with Crippen molar-refractivity contribution in [1.82, 2.24) is 15.2 Å². The molecule has 2 aliphatic rings. The van der Waals surface area contributed by atoms with Gasteiger partial charge in [-0.2, -0.15) is 4.99 Å². The SMILES string of the molecule is CCC1=NC(C)=C2C(=O)N(CC(=O)NCCCOc3cccc(Cl)c3)C=N[N+]12. The molecule has 2 aliphatic heterocycles. The Labute approximate surface area is 168 Å². The molecule has 0 saturated carbocycles.